The van der Waals surface area contributed by atoms with E-state index in [4.69, 9.17) is 0 Å². The largest absolute Gasteiger partial charge is 0.465 e. The zero-order chi connectivity index (χ0) is 17.0. The summed E-state index contributed by atoms with van der Waals surface area (Å²) in [5.41, 5.74) is 0.282. The minimum atomic E-state index is -0.609. The summed E-state index contributed by atoms with van der Waals surface area (Å²) >= 11 is 0.981. The van der Waals surface area contributed by atoms with Crippen LogP contribution in [0, 0.1) is 5.82 Å². The summed E-state index contributed by atoms with van der Waals surface area (Å²) in [5, 5.41) is 4.90. The SMILES string of the molecule is COC(=O)c1ccc(C(=O)Nc2ccc(F)c(NC(C)=O)c2)s1. The number of carbonyl (C=O) groups is 3. The van der Waals surface area contributed by atoms with E-state index in [-0.39, 0.29) is 5.69 Å². The van der Waals surface area contributed by atoms with Crippen molar-refractivity contribution in [3.8, 4) is 0 Å². The second kappa shape index (κ2) is 7.01. The Morgan fingerprint density at radius 2 is 1.78 bits per heavy atom. The molecule has 2 N–H and O–H groups in total. The Labute approximate surface area is 135 Å². The molecule has 0 aliphatic carbocycles. The van der Waals surface area contributed by atoms with Crippen molar-refractivity contribution in [2.24, 2.45) is 0 Å². The van der Waals surface area contributed by atoms with Gasteiger partial charge in [-0.05, 0) is 30.3 Å². The van der Waals surface area contributed by atoms with E-state index in [1.54, 1.807) is 0 Å². The van der Waals surface area contributed by atoms with Gasteiger partial charge >= 0.3 is 5.97 Å². The number of thiophene rings is 1. The van der Waals surface area contributed by atoms with Gasteiger partial charge in [-0.15, -0.1) is 11.3 Å². The van der Waals surface area contributed by atoms with Crippen LogP contribution in [0.3, 0.4) is 0 Å². The van der Waals surface area contributed by atoms with Crippen molar-refractivity contribution >= 4 is 40.5 Å². The Morgan fingerprint density at radius 1 is 1.09 bits per heavy atom. The van der Waals surface area contributed by atoms with Gasteiger partial charge in [0.15, 0.2) is 0 Å². The monoisotopic (exact) mass is 336 g/mol. The molecule has 0 radical (unpaired) electrons. The number of halogens is 1. The van der Waals surface area contributed by atoms with Crippen LogP contribution in [0.1, 0.15) is 26.3 Å². The molecule has 0 saturated heterocycles. The number of hydrogen-bond donors (Lipinski definition) is 2. The molecule has 2 amide bonds. The fraction of sp³-hybridized carbons (Fsp3) is 0.133. The van der Waals surface area contributed by atoms with E-state index >= 15 is 0 Å². The molecule has 0 spiro atoms. The summed E-state index contributed by atoms with van der Waals surface area (Å²) in [5.74, 6) is -2.01. The van der Waals surface area contributed by atoms with Gasteiger partial charge in [0.1, 0.15) is 10.7 Å². The third kappa shape index (κ3) is 4.13. The fourth-order valence-electron chi connectivity index (χ4n) is 1.75. The average Bonchev–Trinajstić information content (AvgIpc) is 2.99. The van der Waals surface area contributed by atoms with E-state index in [0.29, 0.717) is 15.4 Å². The van der Waals surface area contributed by atoms with E-state index in [9.17, 15) is 18.8 Å². The number of methoxy groups -OCH3 is 1. The van der Waals surface area contributed by atoms with Crippen molar-refractivity contribution in [2.75, 3.05) is 17.7 Å². The highest BCUT2D eigenvalue weighted by Crippen LogP contribution is 2.22. The molecular formula is C15H13FN2O4S. The molecule has 0 unspecified atom stereocenters. The smallest absolute Gasteiger partial charge is 0.348 e. The third-order valence-corrected chi connectivity index (χ3v) is 3.82. The number of hydrogen-bond acceptors (Lipinski definition) is 5. The summed E-state index contributed by atoms with van der Waals surface area (Å²) in [6, 6.07) is 6.79. The fourth-order valence-corrected chi connectivity index (χ4v) is 2.57. The second-order valence-corrected chi connectivity index (χ2v) is 5.57. The molecule has 0 bridgehead atoms. The lowest BCUT2D eigenvalue weighted by molar-refractivity contribution is -0.114. The maximum atomic E-state index is 13.5. The molecular weight excluding hydrogens is 323 g/mol. The number of rotatable bonds is 4. The van der Waals surface area contributed by atoms with Crippen LogP contribution < -0.4 is 10.6 Å². The van der Waals surface area contributed by atoms with Crippen molar-refractivity contribution in [3.63, 3.8) is 0 Å². The van der Waals surface area contributed by atoms with Gasteiger partial charge in [0, 0.05) is 12.6 Å². The molecule has 0 aliphatic heterocycles. The summed E-state index contributed by atoms with van der Waals surface area (Å²) in [6.45, 7) is 1.25. The molecule has 2 aromatic rings. The molecule has 2 rings (SSSR count). The molecule has 1 heterocycles. The molecule has 0 atom stereocenters. The highest BCUT2D eigenvalue weighted by Gasteiger charge is 2.15. The van der Waals surface area contributed by atoms with Gasteiger partial charge in [-0.2, -0.15) is 0 Å². The minimum absolute atomic E-state index is 0.0308. The maximum Gasteiger partial charge on any atom is 0.348 e. The van der Waals surface area contributed by atoms with Gasteiger partial charge in [-0.1, -0.05) is 0 Å². The zero-order valence-electron chi connectivity index (χ0n) is 12.3. The summed E-state index contributed by atoms with van der Waals surface area (Å²) in [4.78, 5) is 35.1. The predicted octanol–water partition coefficient (Wildman–Crippen LogP) is 2.88. The second-order valence-electron chi connectivity index (χ2n) is 4.49. The lowest BCUT2D eigenvalue weighted by Crippen LogP contribution is -2.12. The molecule has 1 aromatic carbocycles. The van der Waals surface area contributed by atoms with Crippen LogP contribution in [0.5, 0.6) is 0 Å². The summed E-state index contributed by atoms with van der Waals surface area (Å²) in [6.07, 6.45) is 0. The standard InChI is InChI=1S/C15H13FN2O4S/c1-8(19)17-11-7-9(3-4-10(11)16)18-14(20)12-5-6-13(23-12)15(21)22-2/h3-7H,1-2H3,(H,17,19)(H,18,20). The van der Waals surface area contributed by atoms with Gasteiger partial charge in [0.25, 0.3) is 5.91 Å². The van der Waals surface area contributed by atoms with Crippen molar-refractivity contribution in [2.45, 2.75) is 6.92 Å². The third-order valence-electron chi connectivity index (χ3n) is 2.75. The number of esters is 1. The first-order valence-corrected chi connectivity index (χ1v) is 7.29. The number of anilines is 2. The Kier molecular flexibility index (Phi) is 5.07. The van der Waals surface area contributed by atoms with Crippen LogP contribution in [0.4, 0.5) is 15.8 Å². The Bertz CT molecular complexity index is 773. The quantitative estimate of drug-likeness (QED) is 0.841. The van der Waals surface area contributed by atoms with Crippen molar-refractivity contribution in [1.29, 1.82) is 0 Å². The van der Waals surface area contributed by atoms with E-state index in [1.807, 2.05) is 0 Å². The topological polar surface area (TPSA) is 84.5 Å². The number of ether oxygens (including phenoxy) is 1. The van der Waals surface area contributed by atoms with Gasteiger partial charge in [0.05, 0.1) is 17.7 Å². The van der Waals surface area contributed by atoms with Crippen LogP contribution >= 0.6 is 11.3 Å². The van der Waals surface area contributed by atoms with Gasteiger partial charge in [-0.3, -0.25) is 9.59 Å². The van der Waals surface area contributed by atoms with Gasteiger partial charge < -0.3 is 15.4 Å². The zero-order valence-corrected chi connectivity index (χ0v) is 13.1. The van der Waals surface area contributed by atoms with Gasteiger partial charge in [-0.25, -0.2) is 9.18 Å². The Balaban J connectivity index is 2.15. The number of benzene rings is 1. The molecule has 120 valence electrons. The van der Waals surface area contributed by atoms with Crippen molar-refractivity contribution < 1.29 is 23.5 Å². The first-order valence-electron chi connectivity index (χ1n) is 6.47. The normalized spacial score (nSPS) is 10.0. The van der Waals surface area contributed by atoms with Crippen molar-refractivity contribution in [3.05, 3.63) is 45.9 Å². The van der Waals surface area contributed by atoms with Crippen LogP contribution in [0.25, 0.3) is 0 Å². The first-order chi connectivity index (χ1) is 10.9. The summed E-state index contributed by atoms with van der Waals surface area (Å²) in [7, 11) is 1.25. The molecule has 1 aromatic heterocycles. The predicted molar refractivity (Wildman–Crippen MR) is 84.3 cm³/mol. The van der Waals surface area contributed by atoms with E-state index in [1.165, 1.54) is 38.3 Å². The highest BCUT2D eigenvalue weighted by molar-refractivity contribution is 7.16. The van der Waals surface area contributed by atoms with Crippen LogP contribution in [-0.2, 0) is 9.53 Å². The number of carbonyl (C=O) groups excluding carboxylic acids is 3. The molecule has 8 heteroatoms. The van der Waals surface area contributed by atoms with Crippen LogP contribution in [0.2, 0.25) is 0 Å². The summed E-state index contributed by atoms with van der Waals surface area (Å²) < 4.78 is 18.1. The number of nitrogens with one attached hydrogen (secondary N) is 2. The lowest BCUT2D eigenvalue weighted by Gasteiger charge is -2.08. The maximum absolute atomic E-state index is 13.5. The number of amides is 2. The van der Waals surface area contributed by atoms with E-state index in [2.05, 4.69) is 15.4 Å². The molecule has 0 saturated carbocycles. The van der Waals surface area contributed by atoms with Crippen LogP contribution in [0.15, 0.2) is 30.3 Å². The van der Waals surface area contributed by atoms with E-state index in [0.717, 1.165) is 17.4 Å². The average molecular weight is 336 g/mol. The Morgan fingerprint density at radius 3 is 2.43 bits per heavy atom. The van der Waals surface area contributed by atoms with Crippen LogP contribution in [-0.4, -0.2) is 24.9 Å². The first kappa shape index (κ1) is 16.6. The molecule has 6 nitrogen and oxygen atoms in total. The molecule has 23 heavy (non-hydrogen) atoms. The molecule has 0 fully saturated rings. The lowest BCUT2D eigenvalue weighted by atomic mass is 10.2. The minimum Gasteiger partial charge on any atom is -0.465 e. The highest BCUT2D eigenvalue weighted by atomic mass is 32.1. The van der Waals surface area contributed by atoms with Crippen molar-refractivity contribution in [1.82, 2.24) is 0 Å². The van der Waals surface area contributed by atoms with Gasteiger partial charge in [0.2, 0.25) is 5.91 Å². The molecule has 0 aliphatic rings. The Hall–Kier alpha value is -2.74. The van der Waals surface area contributed by atoms with E-state index < -0.39 is 23.6 Å².